The number of benzene rings is 2. The number of nitro groups is 1. The van der Waals surface area contributed by atoms with E-state index in [0.29, 0.717) is 0 Å². The summed E-state index contributed by atoms with van der Waals surface area (Å²) in [6.45, 7) is 2.75. The minimum atomic E-state index is -0.837. The molecule has 0 spiro atoms. The quantitative estimate of drug-likeness (QED) is 0.412. The molecule has 0 heterocycles. The third kappa shape index (κ3) is 6.01. The third-order valence-corrected chi connectivity index (χ3v) is 3.80. The Hall–Kier alpha value is -3.46. The number of hydrogen-bond acceptors (Lipinski definition) is 7. The number of hydrogen-bond donors (Lipinski definition) is 1. The zero-order chi connectivity index (χ0) is 21.6. The van der Waals surface area contributed by atoms with Crippen molar-refractivity contribution in [1.82, 2.24) is 0 Å². The van der Waals surface area contributed by atoms with Crippen LogP contribution in [0.1, 0.15) is 34.6 Å². The maximum atomic E-state index is 12.5. The molecule has 29 heavy (non-hydrogen) atoms. The van der Waals surface area contributed by atoms with Crippen molar-refractivity contribution in [2.24, 2.45) is 0 Å². The topological polar surface area (TPSA) is 125 Å². The van der Waals surface area contributed by atoms with Crippen LogP contribution in [0.15, 0.2) is 42.5 Å². The number of ether oxygens (including phenoxy) is 2. The number of esters is 2. The van der Waals surface area contributed by atoms with Gasteiger partial charge in [0.2, 0.25) is 0 Å². The van der Waals surface area contributed by atoms with Crippen molar-refractivity contribution >= 4 is 40.8 Å². The van der Waals surface area contributed by atoms with Gasteiger partial charge in [0.25, 0.3) is 11.6 Å². The molecule has 0 radical (unpaired) electrons. The number of nitrogens with zero attached hydrogens (tertiary/aromatic N) is 1. The summed E-state index contributed by atoms with van der Waals surface area (Å²) in [5.41, 5.74) is -0.143. The minimum Gasteiger partial charge on any atom is -0.460 e. The first-order valence-corrected chi connectivity index (χ1v) is 8.77. The molecule has 0 fully saturated rings. The SMILES string of the molecule is CC(C)OC(=O)COC(=O)c1ccccc1NC(=O)c1ccc([N+](=O)[O-])cc1Cl. The van der Waals surface area contributed by atoms with Gasteiger partial charge in [-0.25, -0.2) is 9.59 Å². The summed E-state index contributed by atoms with van der Waals surface area (Å²) in [4.78, 5) is 46.4. The van der Waals surface area contributed by atoms with E-state index < -0.39 is 29.4 Å². The lowest BCUT2D eigenvalue weighted by atomic mass is 10.1. The Morgan fingerprint density at radius 2 is 1.83 bits per heavy atom. The number of rotatable bonds is 7. The van der Waals surface area contributed by atoms with E-state index >= 15 is 0 Å². The fourth-order valence-corrected chi connectivity index (χ4v) is 2.52. The van der Waals surface area contributed by atoms with E-state index in [1.807, 2.05) is 0 Å². The smallest absolute Gasteiger partial charge is 0.344 e. The Bertz CT molecular complexity index is 959. The first-order chi connectivity index (χ1) is 13.7. The normalized spacial score (nSPS) is 10.3. The van der Waals surface area contributed by atoms with E-state index in [-0.39, 0.29) is 33.6 Å². The van der Waals surface area contributed by atoms with Crippen LogP contribution >= 0.6 is 11.6 Å². The summed E-state index contributed by atoms with van der Waals surface area (Å²) in [7, 11) is 0. The molecule has 0 aliphatic heterocycles. The van der Waals surface area contributed by atoms with Crippen LogP contribution in [0.5, 0.6) is 0 Å². The lowest BCUT2D eigenvalue weighted by Crippen LogP contribution is -2.21. The molecule has 0 unspecified atom stereocenters. The molecule has 0 bridgehead atoms. The molecule has 0 atom stereocenters. The highest BCUT2D eigenvalue weighted by molar-refractivity contribution is 6.34. The van der Waals surface area contributed by atoms with Gasteiger partial charge in [-0.1, -0.05) is 23.7 Å². The van der Waals surface area contributed by atoms with Crippen molar-refractivity contribution in [3.8, 4) is 0 Å². The van der Waals surface area contributed by atoms with Gasteiger partial charge in [0.05, 0.1) is 32.9 Å². The molecule has 0 saturated heterocycles. The van der Waals surface area contributed by atoms with Crippen LogP contribution in [0.3, 0.4) is 0 Å². The number of para-hydroxylation sites is 1. The van der Waals surface area contributed by atoms with Gasteiger partial charge in [-0.15, -0.1) is 0 Å². The summed E-state index contributed by atoms with van der Waals surface area (Å²) >= 11 is 5.95. The van der Waals surface area contributed by atoms with Crippen molar-refractivity contribution in [2.75, 3.05) is 11.9 Å². The highest BCUT2D eigenvalue weighted by Gasteiger charge is 2.19. The Balaban J connectivity index is 2.14. The van der Waals surface area contributed by atoms with E-state index in [0.717, 1.165) is 12.1 Å². The molecule has 1 N–H and O–H groups in total. The molecule has 0 aromatic heterocycles. The van der Waals surface area contributed by atoms with Gasteiger partial charge >= 0.3 is 11.9 Å². The molecule has 0 aliphatic rings. The van der Waals surface area contributed by atoms with Crippen molar-refractivity contribution in [3.63, 3.8) is 0 Å². The average molecular weight is 421 g/mol. The molecule has 2 rings (SSSR count). The summed E-state index contributed by atoms with van der Waals surface area (Å²) in [5.74, 6) is -2.21. The molecule has 10 heteroatoms. The van der Waals surface area contributed by atoms with Crippen molar-refractivity contribution in [1.29, 1.82) is 0 Å². The second kappa shape index (κ2) is 9.65. The Morgan fingerprint density at radius 1 is 1.14 bits per heavy atom. The highest BCUT2D eigenvalue weighted by atomic mass is 35.5. The molecular weight excluding hydrogens is 404 g/mol. The number of carbonyl (C=O) groups is 3. The van der Waals surface area contributed by atoms with Crippen LogP contribution in [0.4, 0.5) is 11.4 Å². The van der Waals surface area contributed by atoms with Crippen LogP contribution in [0.25, 0.3) is 0 Å². The zero-order valence-corrected chi connectivity index (χ0v) is 16.3. The van der Waals surface area contributed by atoms with Crippen LogP contribution < -0.4 is 5.32 Å². The maximum Gasteiger partial charge on any atom is 0.344 e. The van der Waals surface area contributed by atoms with Gasteiger partial charge in [0.15, 0.2) is 6.61 Å². The number of non-ortho nitro benzene ring substituents is 1. The molecular formula is C19H17ClN2O7. The number of halogens is 1. The summed E-state index contributed by atoms with van der Waals surface area (Å²) < 4.78 is 9.80. The number of anilines is 1. The Labute approximate surface area is 170 Å². The number of nitro benzene ring substituents is 1. The molecule has 0 saturated carbocycles. The van der Waals surface area contributed by atoms with Crippen molar-refractivity contribution < 1.29 is 28.8 Å². The van der Waals surface area contributed by atoms with Gasteiger partial charge in [-0.3, -0.25) is 14.9 Å². The molecule has 9 nitrogen and oxygen atoms in total. The van der Waals surface area contributed by atoms with Gasteiger partial charge in [-0.05, 0) is 32.0 Å². The lowest BCUT2D eigenvalue weighted by Gasteiger charge is -2.12. The molecule has 2 aromatic carbocycles. The van der Waals surface area contributed by atoms with Crippen LogP contribution in [-0.2, 0) is 14.3 Å². The van der Waals surface area contributed by atoms with Crippen LogP contribution in [0, 0.1) is 10.1 Å². The third-order valence-electron chi connectivity index (χ3n) is 3.49. The monoisotopic (exact) mass is 420 g/mol. The van der Waals surface area contributed by atoms with E-state index in [1.165, 1.54) is 18.2 Å². The number of nitrogens with one attached hydrogen (secondary N) is 1. The summed E-state index contributed by atoms with van der Waals surface area (Å²) in [6.07, 6.45) is -0.348. The van der Waals surface area contributed by atoms with Gasteiger partial charge < -0.3 is 14.8 Å². The van der Waals surface area contributed by atoms with Gasteiger partial charge in [0, 0.05) is 12.1 Å². The lowest BCUT2D eigenvalue weighted by molar-refractivity contribution is -0.384. The van der Waals surface area contributed by atoms with Crippen molar-refractivity contribution in [2.45, 2.75) is 20.0 Å². The number of amides is 1. The molecule has 1 amide bonds. The van der Waals surface area contributed by atoms with E-state index in [2.05, 4.69) is 5.32 Å². The first kappa shape index (κ1) is 21.8. The van der Waals surface area contributed by atoms with Crippen LogP contribution in [0.2, 0.25) is 5.02 Å². The zero-order valence-electron chi connectivity index (χ0n) is 15.5. The maximum absolute atomic E-state index is 12.5. The second-order valence-corrected chi connectivity index (χ2v) is 6.44. The number of carbonyl (C=O) groups excluding carboxylic acids is 3. The summed E-state index contributed by atoms with van der Waals surface area (Å²) in [6, 6.07) is 9.40. The Kier molecular flexibility index (Phi) is 7.27. The highest BCUT2D eigenvalue weighted by Crippen LogP contribution is 2.24. The van der Waals surface area contributed by atoms with Gasteiger partial charge in [-0.2, -0.15) is 0 Å². The Morgan fingerprint density at radius 3 is 2.45 bits per heavy atom. The second-order valence-electron chi connectivity index (χ2n) is 6.04. The minimum absolute atomic E-state index is 0.0104. The van der Waals surface area contributed by atoms with E-state index in [1.54, 1.807) is 26.0 Å². The predicted molar refractivity (Wildman–Crippen MR) is 104 cm³/mol. The van der Waals surface area contributed by atoms with Crippen molar-refractivity contribution in [3.05, 3.63) is 68.7 Å². The van der Waals surface area contributed by atoms with Gasteiger partial charge in [0.1, 0.15) is 0 Å². The van der Waals surface area contributed by atoms with E-state index in [4.69, 9.17) is 21.1 Å². The predicted octanol–water partition coefficient (Wildman–Crippen LogP) is 3.61. The molecule has 152 valence electrons. The average Bonchev–Trinajstić information content (AvgIpc) is 2.65. The fraction of sp³-hybridized carbons (Fsp3) is 0.211. The molecule has 2 aromatic rings. The largest absolute Gasteiger partial charge is 0.460 e. The first-order valence-electron chi connectivity index (χ1n) is 8.40. The molecule has 0 aliphatic carbocycles. The standard InChI is InChI=1S/C19H17ClN2O7/c1-11(2)29-17(23)10-28-19(25)14-5-3-4-6-16(14)21-18(24)13-8-7-12(22(26)27)9-15(13)20/h3-9,11H,10H2,1-2H3,(H,21,24). The fourth-order valence-electron chi connectivity index (χ4n) is 2.26. The van der Waals surface area contributed by atoms with Crippen LogP contribution in [-0.4, -0.2) is 35.5 Å². The van der Waals surface area contributed by atoms with E-state index in [9.17, 15) is 24.5 Å². The summed E-state index contributed by atoms with van der Waals surface area (Å²) in [5, 5.41) is 13.2.